The molecule has 4 heteroatoms. The number of aryl methyl sites for hydroxylation is 1. The van der Waals surface area contributed by atoms with E-state index < -0.39 is 0 Å². The minimum atomic E-state index is 0.0113. The Morgan fingerprint density at radius 2 is 2.40 bits per heavy atom. The molecule has 1 aliphatic carbocycles. The van der Waals surface area contributed by atoms with E-state index in [1.54, 1.807) is 4.90 Å². The van der Waals surface area contributed by atoms with Gasteiger partial charge in [-0.3, -0.25) is 4.79 Å². The predicted octanol–water partition coefficient (Wildman–Crippen LogP) is 2.18. The molecular formula is C11H12N2OS. The molecular weight excluding hydrogens is 208 g/mol. The van der Waals surface area contributed by atoms with Gasteiger partial charge in [0.25, 0.3) is 5.91 Å². The number of thiophene rings is 1. The lowest BCUT2D eigenvalue weighted by Crippen LogP contribution is -2.32. The molecule has 1 fully saturated rings. The van der Waals surface area contributed by atoms with Crippen LogP contribution < -0.4 is 0 Å². The van der Waals surface area contributed by atoms with Crippen LogP contribution in [0.2, 0.25) is 0 Å². The molecule has 0 saturated heterocycles. The van der Waals surface area contributed by atoms with Gasteiger partial charge in [0.15, 0.2) is 0 Å². The van der Waals surface area contributed by atoms with Crippen LogP contribution in [0.1, 0.15) is 27.4 Å². The third-order valence-corrected chi connectivity index (χ3v) is 3.43. The second-order valence-corrected chi connectivity index (χ2v) is 5.02. The lowest BCUT2D eigenvalue weighted by Gasteiger charge is -2.17. The van der Waals surface area contributed by atoms with E-state index in [0.717, 1.165) is 22.6 Å². The molecule has 0 spiro atoms. The fourth-order valence-electron chi connectivity index (χ4n) is 1.52. The average molecular weight is 220 g/mol. The standard InChI is InChI=1S/C11H12N2OS/c1-8-2-5-10(15-8)11(14)13(7-6-12)9-3-4-9/h2,5,9H,3-4,7H2,1H3. The maximum Gasteiger partial charge on any atom is 0.265 e. The molecule has 1 aromatic rings. The predicted molar refractivity (Wildman–Crippen MR) is 58.7 cm³/mol. The number of rotatable bonds is 3. The summed E-state index contributed by atoms with van der Waals surface area (Å²) in [5.41, 5.74) is 0. The summed E-state index contributed by atoms with van der Waals surface area (Å²) in [5.74, 6) is 0.0113. The van der Waals surface area contributed by atoms with E-state index >= 15 is 0 Å². The largest absolute Gasteiger partial charge is 0.322 e. The third kappa shape index (κ3) is 2.18. The Kier molecular flexibility index (Phi) is 2.74. The van der Waals surface area contributed by atoms with Crippen molar-refractivity contribution in [3.63, 3.8) is 0 Å². The number of hydrogen-bond acceptors (Lipinski definition) is 3. The van der Waals surface area contributed by atoms with Gasteiger partial charge in [0.05, 0.1) is 10.9 Å². The minimum absolute atomic E-state index is 0.0113. The fraction of sp³-hybridized carbons (Fsp3) is 0.455. The van der Waals surface area contributed by atoms with Crippen LogP contribution in [0.5, 0.6) is 0 Å². The zero-order valence-electron chi connectivity index (χ0n) is 8.56. The van der Waals surface area contributed by atoms with Gasteiger partial charge in [0.2, 0.25) is 0 Å². The van der Waals surface area contributed by atoms with Crippen molar-refractivity contribution in [3.8, 4) is 6.07 Å². The topological polar surface area (TPSA) is 44.1 Å². The minimum Gasteiger partial charge on any atom is -0.322 e. The average Bonchev–Trinajstić information content (AvgIpc) is 2.96. The van der Waals surface area contributed by atoms with E-state index in [-0.39, 0.29) is 12.5 Å². The monoisotopic (exact) mass is 220 g/mol. The van der Waals surface area contributed by atoms with Gasteiger partial charge < -0.3 is 4.90 Å². The first-order valence-corrected chi connectivity index (χ1v) is 5.78. The smallest absolute Gasteiger partial charge is 0.265 e. The molecule has 0 radical (unpaired) electrons. The van der Waals surface area contributed by atoms with Gasteiger partial charge in [-0.15, -0.1) is 11.3 Å². The molecule has 3 nitrogen and oxygen atoms in total. The quantitative estimate of drug-likeness (QED) is 0.733. The van der Waals surface area contributed by atoms with Crippen molar-refractivity contribution >= 4 is 17.2 Å². The molecule has 15 heavy (non-hydrogen) atoms. The molecule has 1 aromatic heterocycles. The number of carbonyl (C=O) groups is 1. The summed E-state index contributed by atoms with van der Waals surface area (Å²) < 4.78 is 0. The van der Waals surface area contributed by atoms with E-state index in [0.29, 0.717) is 6.04 Å². The van der Waals surface area contributed by atoms with Gasteiger partial charge in [0.1, 0.15) is 6.54 Å². The maximum absolute atomic E-state index is 12.0. The van der Waals surface area contributed by atoms with Crippen LogP contribution in [0, 0.1) is 18.3 Å². The van der Waals surface area contributed by atoms with Gasteiger partial charge in [-0.05, 0) is 31.9 Å². The van der Waals surface area contributed by atoms with E-state index in [1.807, 2.05) is 19.1 Å². The zero-order chi connectivity index (χ0) is 10.8. The van der Waals surface area contributed by atoms with Crippen LogP contribution >= 0.6 is 11.3 Å². The normalized spacial score (nSPS) is 14.7. The van der Waals surface area contributed by atoms with Gasteiger partial charge >= 0.3 is 0 Å². The molecule has 0 atom stereocenters. The van der Waals surface area contributed by atoms with Crippen molar-refractivity contribution in [3.05, 3.63) is 21.9 Å². The molecule has 78 valence electrons. The van der Waals surface area contributed by atoms with Gasteiger partial charge in [-0.1, -0.05) is 0 Å². The highest BCUT2D eigenvalue weighted by Crippen LogP contribution is 2.29. The zero-order valence-corrected chi connectivity index (χ0v) is 9.38. The van der Waals surface area contributed by atoms with E-state index in [1.165, 1.54) is 11.3 Å². The first kappa shape index (κ1) is 10.2. The van der Waals surface area contributed by atoms with Gasteiger partial charge in [-0.2, -0.15) is 5.26 Å². The Hall–Kier alpha value is -1.34. The Balaban J connectivity index is 2.14. The summed E-state index contributed by atoms with van der Waals surface area (Å²) in [5, 5.41) is 8.67. The Morgan fingerprint density at radius 3 is 2.87 bits per heavy atom. The van der Waals surface area contributed by atoms with Crippen LogP contribution in [0.15, 0.2) is 12.1 Å². The Bertz CT molecular complexity index is 414. The van der Waals surface area contributed by atoms with Crippen molar-refractivity contribution in [2.75, 3.05) is 6.54 Å². The second kappa shape index (κ2) is 4.03. The summed E-state index contributed by atoms with van der Waals surface area (Å²) in [7, 11) is 0. The highest BCUT2D eigenvalue weighted by Gasteiger charge is 2.33. The maximum atomic E-state index is 12.0. The van der Waals surface area contributed by atoms with E-state index in [9.17, 15) is 4.79 Å². The van der Waals surface area contributed by atoms with Gasteiger partial charge in [-0.25, -0.2) is 0 Å². The van der Waals surface area contributed by atoms with Crippen molar-refractivity contribution in [2.24, 2.45) is 0 Å². The molecule has 0 unspecified atom stereocenters. The Morgan fingerprint density at radius 1 is 1.67 bits per heavy atom. The summed E-state index contributed by atoms with van der Waals surface area (Å²) in [6.45, 7) is 2.19. The van der Waals surface area contributed by atoms with Gasteiger partial charge in [0, 0.05) is 10.9 Å². The molecule has 2 rings (SSSR count). The fourth-order valence-corrected chi connectivity index (χ4v) is 2.34. The van der Waals surface area contributed by atoms with E-state index in [4.69, 9.17) is 5.26 Å². The summed E-state index contributed by atoms with van der Waals surface area (Å²) in [6, 6.07) is 6.14. The van der Waals surface area contributed by atoms with Crippen LogP contribution in [-0.4, -0.2) is 23.4 Å². The van der Waals surface area contributed by atoms with Crippen molar-refractivity contribution in [2.45, 2.75) is 25.8 Å². The first-order valence-electron chi connectivity index (χ1n) is 4.96. The second-order valence-electron chi connectivity index (χ2n) is 3.73. The summed E-state index contributed by atoms with van der Waals surface area (Å²) in [6.07, 6.45) is 2.08. The highest BCUT2D eigenvalue weighted by atomic mass is 32.1. The molecule has 1 heterocycles. The molecule has 0 aliphatic heterocycles. The van der Waals surface area contributed by atoms with Crippen molar-refractivity contribution < 1.29 is 4.79 Å². The number of hydrogen-bond donors (Lipinski definition) is 0. The highest BCUT2D eigenvalue weighted by molar-refractivity contribution is 7.13. The molecule has 0 N–H and O–H groups in total. The molecule has 1 saturated carbocycles. The Labute approximate surface area is 92.9 Å². The number of carbonyl (C=O) groups excluding carboxylic acids is 1. The molecule has 1 aliphatic rings. The summed E-state index contributed by atoms with van der Waals surface area (Å²) >= 11 is 1.49. The van der Waals surface area contributed by atoms with Crippen LogP contribution in [0.3, 0.4) is 0 Å². The van der Waals surface area contributed by atoms with Crippen molar-refractivity contribution in [1.82, 2.24) is 4.90 Å². The van der Waals surface area contributed by atoms with Crippen LogP contribution in [0.25, 0.3) is 0 Å². The lowest BCUT2D eigenvalue weighted by atomic mass is 10.3. The third-order valence-electron chi connectivity index (χ3n) is 2.44. The summed E-state index contributed by atoms with van der Waals surface area (Å²) in [4.78, 5) is 15.6. The SMILES string of the molecule is Cc1ccc(C(=O)N(CC#N)C2CC2)s1. The number of amides is 1. The molecule has 0 bridgehead atoms. The molecule has 1 amide bonds. The van der Waals surface area contributed by atoms with Crippen LogP contribution in [-0.2, 0) is 0 Å². The molecule has 0 aromatic carbocycles. The van der Waals surface area contributed by atoms with Crippen LogP contribution in [0.4, 0.5) is 0 Å². The number of nitriles is 1. The van der Waals surface area contributed by atoms with Crippen molar-refractivity contribution in [1.29, 1.82) is 5.26 Å². The lowest BCUT2D eigenvalue weighted by molar-refractivity contribution is 0.0770. The number of nitrogens with zero attached hydrogens (tertiary/aromatic N) is 2. The van der Waals surface area contributed by atoms with E-state index in [2.05, 4.69) is 6.07 Å². The first-order chi connectivity index (χ1) is 7.22.